The van der Waals surface area contributed by atoms with E-state index < -0.39 is 6.04 Å². The highest BCUT2D eigenvalue weighted by Crippen LogP contribution is 2.32. The van der Waals surface area contributed by atoms with Gasteiger partial charge in [0.05, 0.1) is 12.1 Å². The van der Waals surface area contributed by atoms with Crippen LogP contribution in [0, 0.1) is 11.2 Å². The zero-order chi connectivity index (χ0) is 15.3. The minimum Gasteiger partial charge on any atom is -0.347 e. The molecule has 0 heterocycles. The molecular weight excluding hydrogens is 255 g/mol. The molecule has 0 fully saturated rings. The van der Waals surface area contributed by atoms with Gasteiger partial charge in [-0.1, -0.05) is 46.2 Å². The lowest BCUT2D eigenvalue weighted by Crippen LogP contribution is -2.45. The van der Waals surface area contributed by atoms with Crippen LogP contribution in [0.1, 0.15) is 52.1 Å². The minimum absolute atomic E-state index is 0.156. The SMILES string of the molecule is CCCC(N)C(=O)NC(c1ccc(F)cc1)C(C)(C)C. The van der Waals surface area contributed by atoms with Crippen molar-refractivity contribution in [3.8, 4) is 0 Å². The molecule has 0 saturated carbocycles. The number of rotatable bonds is 5. The van der Waals surface area contributed by atoms with Crippen LogP contribution in [0.5, 0.6) is 0 Å². The number of hydrogen-bond acceptors (Lipinski definition) is 2. The molecule has 1 rings (SSSR count). The molecule has 0 bridgehead atoms. The lowest BCUT2D eigenvalue weighted by Gasteiger charge is -2.32. The Morgan fingerprint density at radius 3 is 2.30 bits per heavy atom. The Kier molecular flexibility index (Phi) is 5.69. The zero-order valence-electron chi connectivity index (χ0n) is 12.7. The van der Waals surface area contributed by atoms with Gasteiger partial charge < -0.3 is 11.1 Å². The fourth-order valence-corrected chi connectivity index (χ4v) is 2.15. The first-order chi connectivity index (χ1) is 9.25. The normalized spacial score (nSPS) is 14.7. The first kappa shape index (κ1) is 16.6. The van der Waals surface area contributed by atoms with E-state index in [4.69, 9.17) is 5.73 Å². The molecule has 3 nitrogen and oxygen atoms in total. The van der Waals surface area contributed by atoms with Crippen LogP contribution in [0.15, 0.2) is 24.3 Å². The molecule has 1 amide bonds. The Morgan fingerprint density at radius 2 is 1.85 bits per heavy atom. The summed E-state index contributed by atoms with van der Waals surface area (Å²) in [6, 6.07) is 5.54. The Balaban J connectivity index is 2.91. The minimum atomic E-state index is -0.495. The third kappa shape index (κ3) is 4.60. The first-order valence-corrected chi connectivity index (χ1v) is 7.07. The van der Waals surface area contributed by atoms with Gasteiger partial charge in [-0.25, -0.2) is 4.39 Å². The predicted octanol–water partition coefficient (Wildman–Crippen LogP) is 3.16. The molecule has 0 aromatic heterocycles. The summed E-state index contributed by atoms with van der Waals surface area (Å²) >= 11 is 0. The number of halogens is 1. The average molecular weight is 280 g/mol. The summed E-state index contributed by atoms with van der Waals surface area (Å²) in [5.41, 5.74) is 6.55. The van der Waals surface area contributed by atoms with Crippen molar-refractivity contribution < 1.29 is 9.18 Å². The number of benzene rings is 1. The molecule has 0 radical (unpaired) electrons. The highest BCUT2D eigenvalue weighted by Gasteiger charge is 2.29. The number of amides is 1. The third-order valence-electron chi connectivity index (χ3n) is 3.29. The van der Waals surface area contributed by atoms with Crippen LogP contribution >= 0.6 is 0 Å². The second-order valence-electron chi connectivity index (χ2n) is 6.25. The number of nitrogens with two attached hydrogens (primary N) is 1. The molecule has 0 saturated heterocycles. The molecule has 4 heteroatoms. The maximum absolute atomic E-state index is 13.0. The Labute approximate surface area is 120 Å². The van der Waals surface area contributed by atoms with Crippen LogP contribution in [0.2, 0.25) is 0 Å². The van der Waals surface area contributed by atoms with Crippen molar-refractivity contribution in [2.24, 2.45) is 11.1 Å². The van der Waals surface area contributed by atoms with E-state index in [2.05, 4.69) is 5.32 Å². The van der Waals surface area contributed by atoms with Crippen molar-refractivity contribution in [3.05, 3.63) is 35.6 Å². The van der Waals surface area contributed by atoms with Gasteiger partial charge in [0.25, 0.3) is 0 Å². The molecule has 0 aliphatic carbocycles. The topological polar surface area (TPSA) is 55.1 Å². The summed E-state index contributed by atoms with van der Waals surface area (Å²) in [5, 5.41) is 2.99. The molecule has 2 atom stereocenters. The van der Waals surface area contributed by atoms with E-state index in [0.717, 1.165) is 12.0 Å². The maximum atomic E-state index is 13.0. The van der Waals surface area contributed by atoms with Gasteiger partial charge in [-0.3, -0.25) is 4.79 Å². The van der Waals surface area contributed by atoms with Crippen molar-refractivity contribution in [1.82, 2.24) is 5.32 Å². The van der Waals surface area contributed by atoms with Gasteiger partial charge in [0.2, 0.25) is 5.91 Å². The van der Waals surface area contributed by atoms with Crippen molar-refractivity contribution >= 4 is 5.91 Å². The molecule has 112 valence electrons. The monoisotopic (exact) mass is 280 g/mol. The second kappa shape index (κ2) is 6.84. The van der Waals surface area contributed by atoms with Gasteiger partial charge >= 0.3 is 0 Å². The largest absolute Gasteiger partial charge is 0.347 e. The molecule has 20 heavy (non-hydrogen) atoms. The molecule has 0 aliphatic rings. The number of hydrogen-bond donors (Lipinski definition) is 2. The molecule has 0 spiro atoms. The molecule has 3 N–H and O–H groups in total. The standard InChI is InChI=1S/C16H25FN2O/c1-5-6-13(18)15(20)19-14(16(2,3)4)11-7-9-12(17)10-8-11/h7-10,13-14H,5-6,18H2,1-4H3,(H,19,20). The van der Waals surface area contributed by atoms with Gasteiger partial charge in [0.15, 0.2) is 0 Å². The van der Waals surface area contributed by atoms with Crippen LogP contribution < -0.4 is 11.1 Å². The summed E-state index contributed by atoms with van der Waals surface area (Å²) in [5.74, 6) is -0.438. The van der Waals surface area contributed by atoms with Gasteiger partial charge in [-0.2, -0.15) is 0 Å². The fraction of sp³-hybridized carbons (Fsp3) is 0.562. The average Bonchev–Trinajstić information content (AvgIpc) is 2.36. The summed E-state index contributed by atoms with van der Waals surface area (Å²) in [6.07, 6.45) is 1.53. The zero-order valence-corrected chi connectivity index (χ0v) is 12.7. The summed E-state index contributed by atoms with van der Waals surface area (Å²) < 4.78 is 13.0. The highest BCUT2D eigenvalue weighted by molar-refractivity contribution is 5.81. The summed E-state index contributed by atoms with van der Waals surface area (Å²) in [7, 11) is 0. The smallest absolute Gasteiger partial charge is 0.237 e. The predicted molar refractivity (Wildman–Crippen MR) is 79.6 cm³/mol. The fourth-order valence-electron chi connectivity index (χ4n) is 2.15. The Hall–Kier alpha value is -1.42. The lowest BCUT2D eigenvalue weighted by atomic mass is 9.82. The number of nitrogens with one attached hydrogen (secondary N) is 1. The van der Waals surface area contributed by atoms with E-state index in [0.29, 0.717) is 6.42 Å². The van der Waals surface area contributed by atoms with E-state index in [-0.39, 0.29) is 23.2 Å². The van der Waals surface area contributed by atoms with Crippen LogP contribution in [-0.4, -0.2) is 11.9 Å². The van der Waals surface area contributed by atoms with Crippen molar-refractivity contribution in [2.75, 3.05) is 0 Å². The number of carbonyl (C=O) groups excluding carboxylic acids is 1. The molecule has 1 aromatic carbocycles. The molecule has 2 unspecified atom stereocenters. The van der Waals surface area contributed by atoms with Crippen molar-refractivity contribution in [3.63, 3.8) is 0 Å². The third-order valence-corrected chi connectivity index (χ3v) is 3.29. The van der Waals surface area contributed by atoms with Gasteiger partial charge in [0, 0.05) is 0 Å². The second-order valence-corrected chi connectivity index (χ2v) is 6.25. The van der Waals surface area contributed by atoms with Crippen molar-refractivity contribution in [1.29, 1.82) is 0 Å². The van der Waals surface area contributed by atoms with Crippen LogP contribution in [0.25, 0.3) is 0 Å². The maximum Gasteiger partial charge on any atom is 0.237 e. The van der Waals surface area contributed by atoms with Gasteiger partial charge in [0.1, 0.15) is 5.82 Å². The Morgan fingerprint density at radius 1 is 1.30 bits per heavy atom. The van der Waals surface area contributed by atoms with E-state index >= 15 is 0 Å². The Bertz CT molecular complexity index is 437. The van der Waals surface area contributed by atoms with Crippen LogP contribution in [0.4, 0.5) is 4.39 Å². The molecular formula is C16H25FN2O. The van der Waals surface area contributed by atoms with E-state index in [9.17, 15) is 9.18 Å². The summed E-state index contributed by atoms with van der Waals surface area (Å²) in [6.45, 7) is 8.10. The van der Waals surface area contributed by atoms with Crippen LogP contribution in [-0.2, 0) is 4.79 Å². The summed E-state index contributed by atoms with van der Waals surface area (Å²) in [4.78, 5) is 12.1. The molecule has 0 aliphatic heterocycles. The lowest BCUT2D eigenvalue weighted by molar-refractivity contribution is -0.124. The molecule has 1 aromatic rings. The quantitative estimate of drug-likeness (QED) is 0.870. The van der Waals surface area contributed by atoms with Gasteiger partial charge in [-0.15, -0.1) is 0 Å². The van der Waals surface area contributed by atoms with E-state index in [1.807, 2.05) is 27.7 Å². The van der Waals surface area contributed by atoms with E-state index in [1.165, 1.54) is 12.1 Å². The van der Waals surface area contributed by atoms with Gasteiger partial charge in [-0.05, 0) is 29.5 Å². The highest BCUT2D eigenvalue weighted by atomic mass is 19.1. The van der Waals surface area contributed by atoms with Crippen LogP contribution in [0.3, 0.4) is 0 Å². The first-order valence-electron chi connectivity index (χ1n) is 7.07. The number of carbonyl (C=O) groups is 1. The van der Waals surface area contributed by atoms with Crippen molar-refractivity contribution in [2.45, 2.75) is 52.6 Å². The van der Waals surface area contributed by atoms with E-state index in [1.54, 1.807) is 12.1 Å².